The van der Waals surface area contributed by atoms with Crippen LogP contribution in [-0.4, -0.2) is 8.42 Å². The maximum absolute atomic E-state index is 13.7. The van der Waals surface area contributed by atoms with E-state index in [0.29, 0.717) is 10.6 Å². The second kappa shape index (κ2) is 5.60. The van der Waals surface area contributed by atoms with Gasteiger partial charge in [0.2, 0.25) is 0 Å². The molecule has 0 saturated carbocycles. The molecule has 0 saturated heterocycles. The molecule has 0 aliphatic heterocycles. The van der Waals surface area contributed by atoms with E-state index in [4.69, 9.17) is 28.9 Å². The average Bonchev–Trinajstić information content (AvgIpc) is 2.32. The van der Waals surface area contributed by atoms with Gasteiger partial charge in [-0.1, -0.05) is 29.3 Å². The van der Waals surface area contributed by atoms with Crippen LogP contribution in [0.1, 0.15) is 5.56 Å². The maximum Gasteiger partial charge on any atom is 0.185 e. The molecule has 3 nitrogen and oxygen atoms in total. The number of nitrogens with two attached hydrogens (primary N) is 1. The van der Waals surface area contributed by atoms with Crippen LogP contribution < -0.4 is 5.73 Å². The highest BCUT2D eigenvalue weighted by Gasteiger charge is 2.21. The zero-order valence-corrected chi connectivity index (χ0v) is 12.4. The van der Waals surface area contributed by atoms with Crippen molar-refractivity contribution in [1.82, 2.24) is 0 Å². The zero-order valence-electron chi connectivity index (χ0n) is 10.1. The van der Waals surface area contributed by atoms with E-state index in [9.17, 15) is 12.8 Å². The molecule has 0 atom stereocenters. The van der Waals surface area contributed by atoms with E-state index >= 15 is 0 Å². The van der Waals surface area contributed by atoms with E-state index in [1.165, 1.54) is 24.3 Å². The van der Waals surface area contributed by atoms with Gasteiger partial charge in [0.05, 0.1) is 5.75 Å². The van der Waals surface area contributed by atoms with E-state index in [1.54, 1.807) is 0 Å². The highest BCUT2D eigenvalue weighted by molar-refractivity contribution is 7.90. The normalized spacial score (nSPS) is 11.6. The Morgan fingerprint density at radius 3 is 2.40 bits per heavy atom. The Balaban J connectivity index is 2.41. The predicted octanol–water partition coefficient (Wildman–Crippen LogP) is 3.69. The van der Waals surface area contributed by atoms with Crippen LogP contribution in [0.4, 0.5) is 10.1 Å². The molecule has 2 rings (SSSR count). The largest absolute Gasteiger partial charge is 0.399 e. The number of anilines is 1. The van der Waals surface area contributed by atoms with Crippen LogP contribution in [0, 0.1) is 5.82 Å². The van der Waals surface area contributed by atoms with Gasteiger partial charge in [0.15, 0.2) is 9.84 Å². The summed E-state index contributed by atoms with van der Waals surface area (Å²) < 4.78 is 38.1. The molecule has 7 heteroatoms. The molecular formula is C13H10Cl2FNO2S. The molecule has 2 N–H and O–H groups in total. The minimum Gasteiger partial charge on any atom is -0.399 e. The topological polar surface area (TPSA) is 60.2 Å². The van der Waals surface area contributed by atoms with Crippen LogP contribution in [0.2, 0.25) is 10.0 Å². The second-order valence-corrected chi connectivity index (χ2v) is 6.99. The summed E-state index contributed by atoms with van der Waals surface area (Å²) in [4.78, 5) is -0.405. The second-order valence-electron chi connectivity index (χ2n) is 4.18. The molecule has 0 heterocycles. The van der Waals surface area contributed by atoms with E-state index in [2.05, 4.69) is 0 Å². The third-order valence-electron chi connectivity index (χ3n) is 2.65. The molecule has 0 unspecified atom stereocenters. The Bertz CT molecular complexity index is 763. The van der Waals surface area contributed by atoms with Gasteiger partial charge < -0.3 is 5.73 Å². The van der Waals surface area contributed by atoms with Gasteiger partial charge in [-0.3, -0.25) is 0 Å². The molecule has 0 aromatic heterocycles. The number of nitrogen functional groups attached to an aromatic ring is 1. The smallest absolute Gasteiger partial charge is 0.185 e. The minimum absolute atomic E-state index is 0.158. The van der Waals surface area contributed by atoms with Crippen LogP contribution >= 0.6 is 23.2 Å². The van der Waals surface area contributed by atoms with Crippen molar-refractivity contribution >= 4 is 38.7 Å². The molecule has 2 aromatic rings. The zero-order chi connectivity index (χ0) is 14.9. The molecule has 106 valence electrons. The summed E-state index contributed by atoms with van der Waals surface area (Å²) in [6, 6.07) is 7.90. The summed E-state index contributed by atoms with van der Waals surface area (Å²) in [5, 5.41) is 0.617. The third kappa shape index (κ3) is 3.23. The molecule has 0 aliphatic carbocycles. The van der Waals surface area contributed by atoms with Gasteiger partial charge in [-0.05, 0) is 35.9 Å². The SMILES string of the molecule is Nc1ccc(S(=O)(=O)Cc2ccc(Cl)cc2Cl)c(F)c1. The fraction of sp³-hybridized carbons (Fsp3) is 0.0769. The molecule has 2 aromatic carbocycles. The fourth-order valence-corrected chi connectivity index (χ4v) is 3.69. The summed E-state index contributed by atoms with van der Waals surface area (Å²) in [5.41, 5.74) is 5.91. The Kier molecular flexibility index (Phi) is 4.22. The minimum atomic E-state index is -3.85. The van der Waals surface area contributed by atoms with E-state index in [-0.39, 0.29) is 10.7 Å². The number of sulfone groups is 1. The lowest BCUT2D eigenvalue weighted by atomic mass is 10.2. The Hall–Kier alpha value is -1.30. The first-order valence-corrected chi connectivity index (χ1v) is 7.92. The van der Waals surface area contributed by atoms with Crippen molar-refractivity contribution in [2.24, 2.45) is 0 Å². The molecule has 0 fully saturated rings. The summed E-state index contributed by atoms with van der Waals surface area (Å²) in [6.45, 7) is 0. The van der Waals surface area contributed by atoms with Gasteiger partial charge in [-0.2, -0.15) is 0 Å². The Morgan fingerprint density at radius 2 is 1.80 bits per heavy atom. The molecule has 0 spiro atoms. The van der Waals surface area contributed by atoms with Crippen LogP contribution in [0.25, 0.3) is 0 Å². The first-order chi connectivity index (χ1) is 9.29. The van der Waals surface area contributed by atoms with Gasteiger partial charge in [-0.25, -0.2) is 12.8 Å². The summed E-state index contributed by atoms with van der Waals surface area (Å²) in [7, 11) is -3.85. The van der Waals surface area contributed by atoms with Crippen molar-refractivity contribution < 1.29 is 12.8 Å². The first kappa shape index (κ1) is 15.1. The molecule has 20 heavy (non-hydrogen) atoms. The van der Waals surface area contributed by atoms with Crippen LogP contribution in [0.15, 0.2) is 41.3 Å². The highest BCUT2D eigenvalue weighted by Crippen LogP contribution is 2.26. The van der Waals surface area contributed by atoms with Crippen molar-refractivity contribution in [3.8, 4) is 0 Å². The van der Waals surface area contributed by atoms with E-state index in [1.807, 2.05) is 0 Å². The molecular weight excluding hydrogens is 324 g/mol. The third-order valence-corrected chi connectivity index (χ3v) is 4.93. The molecule has 0 radical (unpaired) electrons. The highest BCUT2D eigenvalue weighted by atomic mass is 35.5. The van der Waals surface area contributed by atoms with Crippen molar-refractivity contribution in [3.63, 3.8) is 0 Å². The van der Waals surface area contributed by atoms with Crippen LogP contribution in [-0.2, 0) is 15.6 Å². The lowest BCUT2D eigenvalue weighted by Gasteiger charge is -2.08. The summed E-state index contributed by atoms with van der Waals surface area (Å²) in [5.74, 6) is -1.29. The van der Waals surface area contributed by atoms with E-state index in [0.717, 1.165) is 12.1 Å². The lowest BCUT2D eigenvalue weighted by molar-refractivity contribution is 0.567. The maximum atomic E-state index is 13.7. The standard InChI is InChI=1S/C13H10Cl2FNO2S/c14-9-2-1-8(11(15)5-9)7-20(18,19)13-4-3-10(17)6-12(13)16/h1-6H,7,17H2. The van der Waals surface area contributed by atoms with Crippen molar-refractivity contribution in [2.45, 2.75) is 10.6 Å². The van der Waals surface area contributed by atoms with Gasteiger partial charge in [0.25, 0.3) is 0 Å². The molecule has 0 amide bonds. The van der Waals surface area contributed by atoms with Gasteiger partial charge in [-0.15, -0.1) is 0 Å². The monoisotopic (exact) mass is 333 g/mol. The van der Waals surface area contributed by atoms with Crippen molar-refractivity contribution in [2.75, 3.05) is 5.73 Å². The first-order valence-electron chi connectivity index (χ1n) is 5.51. The quantitative estimate of drug-likeness (QED) is 0.871. The van der Waals surface area contributed by atoms with Gasteiger partial charge in [0, 0.05) is 15.7 Å². The van der Waals surface area contributed by atoms with Gasteiger partial charge >= 0.3 is 0 Å². The van der Waals surface area contributed by atoms with Gasteiger partial charge in [0.1, 0.15) is 10.7 Å². The van der Waals surface area contributed by atoms with E-state index < -0.39 is 26.3 Å². The van der Waals surface area contributed by atoms with Crippen LogP contribution in [0.3, 0.4) is 0 Å². The van der Waals surface area contributed by atoms with Crippen molar-refractivity contribution in [1.29, 1.82) is 0 Å². The fourth-order valence-electron chi connectivity index (χ4n) is 1.69. The predicted molar refractivity (Wildman–Crippen MR) is 78.2 cm³/mol. The number of hydrogen-bond donors (Lipinski definition) is 1. The number of rotatable bonds is 3. The average molecular weight is 334 g/mol. The Morgan fingerprint density at radius 1 is 1.10 bits per heavy atom. The number of hydrogen-bond acceptors (Lipinski definition) is 3. The number of benzene rings is 2. The Labute approximate surface area is 126 Å². The lowest BCUT2D eigenvalue weighted by Crippen LogP contribution is -2.08. The summed E-state index contributed by atoms with van der Waals surface area (Å²) >= 11 is 11.7. The van der Waals surface area contributed by atoms with Crippen molar-refractivity contribution in [3.05, 3.63) is 57.8 Å². The number of halogens is 3. The molecule has 0 bridgehead atoms. The molecule has 0 aliphatic rings. The summed E-state index contributed by atoms with van der Waals surface area (Å²) in [6.07, 6.45) is 0. The van der Waals surface area contributed by atoms with Crippen LogP contribution in [0.5, 0.6) is 0 Å².